The molecule has 0 saturated heterocycles. The zero-order chi connectivity index (χ0) is 93.2. The Morgan fingerprint density at radius 2 is 0.423 bits per heavy atom. The van der Waals surface area contributed by atoms with Crippen LogP contribution >= 0.6 is 0 Å². The van der Waals surface area contributed by atoms with E-state index in [0.717, 1.165) is 154 Å². The fourth-order valence-corrected chi connectivity index (χ4v) is 18.3. The zero-order valence-electron chi connectivity index (χ0n) is 75.1. The molecule has 0 fully saturated rings. The second-order valence-corrected chi connectivity index (χ2v) is 33.1. The average molecular weight is 1790 g/mol. The Hall–Kier alpha value is -16.7. The molecule has 12 heteroatoms. The van der Waals surface area contributed by atoms with Gasteiger partial charge >= 0.3 is 0 Å². The van der Waals surface area contributed by atoms with E-state index >= 15 is 0 Å². The van der Waals surface area contributed by atoms with Crippen LogP contribution in [0.3, 0.4) is 0 Å². The van der Waals surface area contributed by atoms with Gasteiger partial charge in [0, 0.05) is 66.8 Å². The lowest BCUT2D eigenvalue weighted by Crippen LogP contribution is -2.28. The normalized spacial score (nSPS) is 11.5. The molecule has 0 radical (unpaired) electrons. The predicted molar refractivity (Wildman–Crippen MR) is 553 cm³/mol. The van der Waals surface area contributed by atoms with E-state index in [9.17, 15) is 20.4 Å². The van der Waals surface area contributed by atoms with Gasteiger partial charge in [-0.05, 0) is 277 Å². The topological polar surface area (TPSA) is 177 Å². The van der Waals surface area contributed by atoms with Crippen molar-refractivity contribution in [2.75, 3.05) is 79.3 Å². The summed E-state index contributed by atoms with van der Waals surface area (Å²) in [6.07, 6.45) is 0. The van der Waals surface area contributed by atoms with Crippen molar-refractivity contribution in [2.45, 2.75) is 5.41 Å². The molecule has 21 rings (SSSR count). The standard InChI is InChI=1S/C48H34O4.C40H30O4.C37H30O4/c49-25-27-51-45-23-19-41-31-35(11-9-33-13-17-37-5-1-3-7-39(37)29-33)15-21-43(41)47(45)48-44-22-16-36(32-42(44)20-24-46(48)52-28-26-50)12-10-34-14-18-38-6-2-4-8-40(38)30-34;41-23-25-43-37-21-17-33-27-31(13-11-29-7-3-1-4-8-29)15-19-35(33)39(37)40-36-20-16-32(14-12-30-9-5-2-6-10-30)28-34(36)18-22-38(40)44-26-24-42;38-17-19-40-31-15-11-25-21-29(13-9-27(25)23-31)37(35-7-3-1-5-33(35)34-6-2-4-8-36(34)37)30-14-10-28-24-32(41-20-18-39)16-12-26(28)22-30/h1-8,13-24,29-32,49-50H,25-28H2;1-10,15-22,27-28,41-42H,23-26H2;1-16,21-24,38-39H,17-20H2. The van der Waals surface area contributed by atoms with Crippen molar-refractivity contribution in [3.05, 3.63) is 455 Å². The second kappa shape index (κ2) is 42.0. The summed E-state index contributed by atoms with van der Waals surface area (Å²) in [7, 11) is 0. The summed E-state index contributed by atoms with van der Waals surface area (Å²) < 4.78 is 35.9. The highest BCUT2D eigenvalue weighted by Gasteiger charge is 2.46. The summed E-state index contributed by atoms with van der Waals surface area (Å²) in [5.74, 6) is 30.4. The smallest absolute Gasteiger partial charge is 0.128 e. The highest BCUT2D eigenvalue weighted by atomic mass is 16.5. The largest absolute Gasteiger partial charge is 0.491 e. The van der Waals surface area contributed by atoms with Crippen molar-refractivity contribution in [1.82, 2.24) is 0 Å². The Kier molecular flexibility index (Phi) is 27.5. The molecule has 1 aliphatic rings. The highest BCUT2D eigenvalue weighted by Crippen LogP contribution is 2.57. The first kappa shape index (κ1) is 89.5. The Balaban J connectivity index is 0.000000133. The Morgan fingerprint density at radius 3 is 0.752 bits per heavy atom. The Bertz CT molecular complexity index is 7700. The van der Waals surface area contributed by atoms with Gasteiger partial charge in [-0.3, -0.25) is 0 Å². The molecule has 0 heterocycles. The van der Waals surface area contributed by atoms with E-state index in [0.29, 0.717) is 23.0 Å². The fraction of sp³-hybridized carbons (Fsp3) is 0.104. The van der Waals surface area contributed by atoms with Gasteiger partial charge in [-0.1, -0.05) is 278 Å². The maximum Gasteiger partial charge on any atom is 0.128 e. The molecule has 0 saturated carbocycles. The maximum atomic E-state index is 9.70. The van der Waals surface area contributed by atoms with E-state index in [1.165, 1.54) is 44.2 Å². The minimum Gasteiger partial charge on any atom is -0.491 e. The van der Waals surface area contributed by atoms with Gasteiger partial charge in [0.15, 0.2) is 0 Å². The summed E-state index contributed by atoms with van der Waals surface area (Å²) in [6.45, 7) is 0.631. The van der Waals surface area contributed by atoms with Gasteiger partial charge in [0.1, 0.15) is 74.1 Å². The van der Waals surface area contributed by atoms with Crippen LogP contribution in [0.1, 0.15) is 66.8 Å². The molecule has 0 unspecified atom stereocenters. The quantitative estimate of drug-likeness (QED) is 0.0355. The predicted octanol–water partition coefficient (Wildman–Crippen LogP) is 23.8. The number of rotatable bonds is 22. The molecule has 666 valence electrons. The summed E-state index contributed by atoms with van der Waals surface area (Å²) in [4.78, 5) is 0. The molecular weight excluding hydrogens is 1690 g/mol. The number of fused-ring (bicyclic) bond motifs is 11. The van der Waals surface area contributed by atoms with E-state index in [1.54, 1.807) is 0 Å². The molecule has 12 nitrogen and oxygen atoms in total. The molecule has 1 aliphatic carbocycles. The van der Waals surface area contributed by atoms with Gasteiger partial charge in [0.25, 0.3) is 0 Å². The second-order valence-electron chi connectivity index (χ2n) is 33.1. The zero-order valence-corrected chi connectivity index (χ0v) is 75.1. The van der Waals surface area contributed by atoms with Crippen molar-refractivity contribution in [3.63, 3.8) is 0 Å². The van der Waals surface area contributed by atoms with Gasteiger partial charge in [-0.25, -0.2) is 0 Å². The van der Waals surface area contributed by atoms with E-state index in [-0.39, 0.29) is 79.3 Å². The first-order valence-corrected chi connectivity index (χ1v) is 45.8. The van der Waals surface area contributed by atoms with Gasteiger partial charge in [-0.15, -0.1) is 0 Å². The van der Waals surface area contributed by atoms with Crippen molar-refractivity contribution in [1.29, 1.82) is 0 Å². The lowest BCUT2D eigenvalue weighted by atomic mass is 9.67. The van der Waals surface area contributed by atoms with E-state index < -0.39 is 5.41 Å². The lowest BCUT2D eigenvalue weighted by molar-refractivity contribution is 0.200. The Labute approximate surface area is 795 Å². The fourth-order valence-electron chi connectivity index (χ4n) is 18.3. The monoisotopic (exact) mass is 1790 g/mol. The molecule has 20 aromatic carbocycles. The number of aliphatic hydroxyl groups excluding tert-OH is 6. The average Bonchev–Trinajstić information content (AvgIpc) is 1.54. The van der Waals surface area contributed by atoms with Crippen LogP contribution in [-0.4, -0.2) is 110 Å². The highest BCUT2D eigenvalue weighted by molar-refractivity contribution is 6.12. The summed E-state index contributed by atoms with van der Waals surface area (Å²) >= 11 is 0. The number of benzene rings is 20. The van der Waals surface area contributed by atoms with Crippen molar-refractivity contribution >= 4 is 86.2 Å². The van der Waals surface area contributed by atoms with Gasteiger partial charge < -0.3 is 59.1 Å². The number of hydrogen-bond acceptors (Lipinski definition) is 12. The van der Waals surface area contributed by atoms with Crippen LogP contribution in [0.5, 0.6) is 34.5 Å². The van der Waals surface area contributed by atoms with Crippen molar-refractivity contribution < 1.29 is 59.1 Å². The third-order valence-electron chi connectivity index (χ3n) is 24.4. The van der Waals surface area contributed by atoms with E-state index in [4.69, 9.17) is 38.6 Å². The first-order chi connectivity index (χ1) is 67.6. The molecule has 0 bridgehead atoms. The molecule has 20 aromatic rings. The minimum absolute atomic E-state index is 0.0128. The van der Waals surface area contributed by atoms with Gasteiger partial charge in [0.05, 0.1) is 45.1 Å². The van der Waals surface area contributed by atoms with Crippen LogP contribution in [0.15, 0.2) is 388 Å². The van der Waals surface area contributed by atoms with Crippen molar-refractivity contribution in [3.8, 4) is 115 Å². The molecule has 0 aromatic heterocycles. The molecule has 0 spiro atoms. The van der Waals surface area contributed by atoms with Gasteiger partial charge in [0.2, 0.25) is 0 Å². The van der Waals surface area contributed by atoms with E-state index in [2.05, 4.69) is 241 Å². The maximum absolute atomic E-state index is 9.70. The first-order valence-electron chi connectivity index (χ1n) is 45.8. The Morgan fingerprint density at radius 1 is 0.182 bits per heavy atom. The third kappa shape index (κ3) is 19.6. The molecule has 0 aliphatic heterocycles. The third-order valence-corrected chi connectivity index (χ3v) is 24.4. The summed E-state index contributed by atoms with van der Waals surface area (Å²) in [6, 6.07) is 132. The number of hydrogen-bond donors (Lipinski definition) is 6. The van der Waals surface area contributed by atoms with Gasteiger partial charge in [-0.2, -0.15) is 0 Å². The lowest BCUT2D eigenvalue weighted by Gasteiger charge is -2.34. The van der Waals surface area contributed by atoms with Crippen LogP contribution in [0.4, 0.5) is 0 Å². The number of ether oxygens (including phenoxy) is 6. The van der Waals surface area contributed by atoms with Crippen LogP contribution in [0.2, 0.25) is 0 Å². The van der Waals surface area contributed by atoms with Crippen LogP contribution in [-0.2, 0) is 5.41 Å². The molecule has 0 atom stereocenters. The van der Waals surface area contributed by atoms with Crippen LogP contribution < -0.4 is 28.4 Å². The summed E-state index contributed by atoms with van der Waals surface area (Å²) in [5.41, 5.74) is 17.7. The van der Waals surface area contributed by atoms with Crippen molar-refractivity contribution in [2.24, 2.45) is 0 Å². The molecule has 137 heavy (non-hydrogen) atoms. The van der Waals surface area contributed by atoms with Crippen LogP contribution in [0.25, 0.3) is 120 Å². The summed E-state index contributed by atoms with van der Waals surface area (Å²) in [5, 5.41) is 73.8. The molecule has 0 amide bonds. The molecule has 6 N–H and O–H groups in total. The van der Waals surface area contributed by atoms with Crippen LogP contribution in [0, 0.1) is 47.4 Å². The number of aliphatic hydroxyl groups is 6. The molecular formula is C125H94O12. The van der Waals surface area contributed by atoms with E-state index in [1.807, 2.05) is 194 Å². The SMILES string of the molecule is OCCOc1ccc2cc(C#Cc3ccc4ccccc4c3)ccc2c1-c1c(OCCO)ccc2cc(C#Cc3ccc4ccccc4c3)ccc12.OCCOc1ccc2cc(C#Cc3ccccc3)ccc2c1-c1c(OCCO)ccc2cc(C#Cc3ccccc3)ccc12.OCCOc1ccc2cc(C3(c4ccc5cc(OCCO)ccc5c4)c4ccccc4-c4ccccc43)ccc2c1. The minimum atomic E-state index is -0.506.